The molecule has 7 heteroatoms. The lowest BCUT2D eigenvalue weighted by Crippen LogP contribution is -2.40. The summed E-state index contributed by atoms with van der Waals surface area (Å²) in [5, 5.41) is 15.4. The molecule has 0 aliphatic carbocycles. The first-order chi connectivity index (χ1) is 16.4. The number of carboxylic acids is 1. The number of hydrogen-bond acceptors (Lipinski definition) is 5. The number of rotatable bonds is 12. The van der Waals surface area contributed by atoms with E-state index in [0.29, 0.717) is 24.4 Å². The van der Waals surface area contributed by atoms with Gasteiger partial charge in [-0.3, -0.25) is 4.79 Å². The van der Waals surface area contributed by atoms with Gasteiger partial charge in [-0.25, -0.2) is 4.79 Å². The molecular formula is C27H31N3O4. The molecule has 1 amide bonds. The second-order valence-electron chi connectivity index (χ2n) is 8.31. The smallest absolute Gasteiger partial charge is 0.335 e. The van der Waals surface area contributed by atoms with Crippen LogP contribution in [0, 0.1) is 0 Å². The van der Waals surface area contributed by atoms with Gasteiger partial charge in [-0.05, 0) is 87.6 Å². The van der Waals surface area contributed by atoms with E-state index in [1.54, 1.807) is 24.3 Å². The summed E-state index contributed by atoms with van der Waals surface area (Å²) >= 11 is 0. The lowest BCUT2D eigenvalue weighted by Gasteiger charge is -2.20. The lowest BCUT2D eigenvalue weighted by atomic mass is 10.1. The van der Waals surface area contributed by atoms with Gasteiger partial charge in [-0.15, -0.1) is 0 Å². The zero-order valence-electron chi connectivity index (χ0n) is 19.5. The molecule has 0 heterocycles. The van der Waals surface area contributed by atoms with Gasteiger partial charge in [0.25, 0.3) is 0 Å². The number of nitrogens with zero attached hydrogens (tertiary/aromatic N) is 1. The third-order valence-corrected chi connectivity index (χ3v) is 5.27. The van der Waals surface area contributed by atoms with Crippen molar-refractivity contribution in [2.75, 3.05) is 26.0 Å². The molecule has 34 heavy (non-hydrogen) atoms. The van der Waals surface area contributed by atoms with Crippen LogP contribution in [0.15, 0.2) is 78.9 Å². The fourth-order valence-electron chi connectivity index (χ4n) is 3.40. The summed E-state index contributed by atoms with van der Waals surface area (Å²) in [7, 11) is 4.01. The number of amides is 1. The molecule has 0 spiro atoms. The maximum Gasteiger partial charge on any atom is 0.335 e. The van der Waals surface area contributed by atoms with Crippen molar-refractivity contribution in [2.45, 2.75) is 25.4 Å². The maximum atomic E-state index is 13.0. The molecule has 0 aliphatic heterocycles. The number of aromatic carboxylic acids is 1. The fraction of sp³-hybridized carbons (Fsp3) is 0.259. The van der Waals surface area contributed by atoms with Gasteiger partial charge in [-0.2, -0.15) is 0 Å². The van der Waals surface area contributed by atoms with E-state index in [2.05, 4.69) is 15.5 Å². The molecule has 0 saturated carbocycles. The second kappa shape index (κ2) is 12.5. The van der Waals surface area contributed by atoms with Crippen molar-refractivity contribution in [1.29, 1.82) is 0 Å². The molecule has 0 saturated heterocycles. The summed E-state index contributed by atoms with van der Waals surface area (Å²) in [6.45, 7) is 1.34. The Morgan fingerprint density at radius 3 is 2.18 bits per heavy atom. The summed E-state index contributed by atoms with van der Waals surface area (Å²) in [6, 6.07) is 23.1. The van der Waals surface area contributed by atoms with Crippen LogP contribution in [0.25, 0.3) is 0 Å². The molecule has 0 fully saturated rings. The van der Waals surface area contributed by atoms with Gasteiger partial charge in [-0.1, -0.05) is 30.3 Å². The van der Waals surface area contributed by atoms with Gasteiger partial charge in [0.15, 0.2) is 0 Å². The largest absolute Gasteiger partial charge is 0.478 e. The summed E-state index contributed by atoms with van der Waals surface area (Å²) in [6.07, 6.45) is 1.53. The highest BCUT2D eigenvalue weighted by atomic mass is 16.5. The van der Waals surface area contributed by atoms with Crippen molar-refractivity contribution in [3.05, 3.63) is 90.0 Å². The number of carbonyl (C=O) groups excluding carboxylic acids is 1. The Hall–Kier alpha value is -3.68. The van der Waals surface area contributed by atoms with E-state index >= 15 is 0 Å². The number of carbonyl (C=O) groups is 2. The van der Waals surface area contributed by atoms with Crippen molar-refractivity contribution >= 4 is 17.6 Å². The topological polar surface area (TPSA) is 90.9 Å². The second-order valence-corrected chi connectivity index (χ2v) is 8.31. The summed E-state index contributed by atoms with van der Waals surface area (Å²) in [4.78, 5) is 26.2. The average Bonchev–Trinajstić information content (AvgIpc) is 2.83. The molecule has 0 bridgehead atoms. The van der Waals surface area contributed by atoms with Crippen LogP contribution in [0.2, 0.25) is 0 Å². The molecule has 3 aromatic rings. The molecule has 1 atom stereocenters. The van der Waals surface area contributed by atoms with Crippen LogP contribution in [0.4, 0.5) is 5.69 Å². The molecule has 178 valence electrons. The van der Waals surface area contributed by atoms with Crippen LogP contribution < -0.4 is 15.4 Å². The highest BCUT2D eigenvalue weighted by Gasteiger charge is 2.18. The Morgan fingerprint density at radius 2 is 1.56 bits per heavy atom. The first kappa shape index (κ1) is 25.0. The van der Waals surface area contributed by atoms with Gasteiger partial charge in [0.1, 0.15) is 11.5 Å². The van der Waals surface area contributed by atoms with Gasteiger partial charge < -0.3 is 25.4 Å². The molecule has 0 radical (unpaired) electrons. The number of hydrogen-bond donors (Lipinski definition) is 3. The molecule has 0 aromatic heterocycles. The van der Waals surface area contributed by atoms with Gasteiger partial charge >= 0.3 is 5.97 Å². The normalized spacial score (nSPS) is 11.7. The van der Waals surface area contributed by atoms with Gasteiger partial charge in [0.05, 0.1) is 11.6 Å². The van der Waals surface area contributed by atoms with Crippen molar-refractivity contribution in [1.82, 2.24) is 10.2 Å². The molecule has 1 unspecified atom stereocenters. The summed E-state index contributed by atoms with van der Waals surface area (Å²) < 4.78 is 5.81. The predicted octanol–water partition coefficient (Wildman–Crippen LogP) is 4.62. The van der Waals surface area contributed by atoms with Crippen LogP contribution in [0.1, 0.15) is 28.8 Å². The average molecular weight is 462 g/mol. The molecule has 3 aromatic carbocycles. The zero-order chi connectivity index (χ0) is 24.3. The Kier molecular flexibility index (Phi) is 9.20. The highest BCUT2D eigenvalue weighted by molar-refractivity contribution is 5.94. The van der Waals surface area contributed by atoms with E-state index in [-0.39, 0.29) is 17.5 Å². The van der Waals surface area contributed by atoms with Crippen LogP contribution in [0.5, 0.6) is 11.5 Å². The van der Waals surface area contributed by atoms with E-state index in [9.17, 15) is 9.59 Å². The quantitative estimate of drug-likeness (QED) is 0.365. The number of anilines is 1. The number of benzene rings is 3. The van der Waals surface area contributed by atoms with E-state index in [1.807, 2.05) is 68.7 Å². The highest BCUT2D eigenvalue weighted by Crippen LogP contribution is 2.22. The van der Waals surface area contributed by atoms with Crippen LogP contribution in [-0.4, -0.2) is 48.6 Å². The first-order valence-corrected chi connectivity index (χ1v) is 11.2. The minimum Gasteiger partial charge on any atom is -0.478 e. The molecular weight excluding hydrogens is 430 g/mol. The molecule has 0 aliphatic rings. The van der Waals surface area contributed by atoms with E-state index in [1.165, 1.54) is 0 Å². The lowest BCUT2D eigenvalue weighted by molar-refractivity contribution is -0.118. The fourth-order valence-corrected chi connectivity index (χ4v) is 3.40. The number of para-hydroxylation sites is 1. The van der Waals surface area contributed by atoms with Crippen molar-refractivity contribution < 1.29 is 19.4 Å². The summed E-state index contributed by atoms with van der Waals surface area (Å²) in [5.74, 6) is 0.369. The van der Waals surface area contributed by atoms with Crippen molar-refractivity contribution in [2.24, 2.45) is 0 Å². The van der Waals surface area contributed by atoms with Gasteiger partial charge in [0, 0.05) is 12.2 Å². The van der Waals surface area contributed by atoms with Crippen molar-refractivity contribution in [3.8, 4) is 11.5 Å². The SMILES string of the molecule is CN(C)CCCC(NCc1ccc(C(=O)O)cc1)C(=O)Nc1ccc(Oc2ccccc2)cc1. The Morgan fingerprint density at radius 1 is 0.912 bits per heavy atom. The molecule has 3 N–H and O–H groups in total. The molecule has 3 rings (SSSR count). The monoisotopic (exact) mass is 461 g/mol. The van der Waals surface area contributed by atoms with E-state index in [0.717, 1.165) is 24.3 Å². The standard InChI is InChI=1S/C27H31N3O4/c1-30(2)18-6-9-25(28-19-20-10-12-21(13-11-20)27(32)33)26(31)29-22-14-16-24(17-15-22)34-23-7-4-3-5-8-23/h3-5,7-8,10-17,25,28H,6,9,18-19H2,1-2H3,(H,29,31)(H,32,33). The van der Waals surface area contributed by atoms with Crippen LogP contribution in [-0.2, 0) is 11.3 Å². The minimum absolute atomic E-state index is 0.113. The van der Waals surface area contributed by atoms with Crippen LogP contribution in [0.3, 0.4) is 0 Å². The third kappa shape index (κ3) is 8.03. The Bertz CT molecular complexity index is 1050. The van der Waals surface area contributed by atoms with E-state index in [4.69, 9.17) is 9.84 Å². The number of ether oxygens (including phenoxy) is 1. The van der Waals surface area contributed by atoms with Crippen LogP contribution >= 0.6 is 0 Å². The Labute approximate surface area is 200 Å². The minimum atomic E-state index is -0.958. The Balaban J connectivity index is 1.60. The van der Waals surface area contributed by atoms with Gasteiger partial charge in [0.2, 0.25) is 5.91 Å². The summed E-state index contributed by atoms with van der Waals surface area (Å²) in [5.41, 5.74) is 1.84. The first-order valence-electron chi connectivity index (χ1n) is 11.2. The number of nitrogens with one attached hydrogen (secondary N) is 2. The third-order valence-electron chi connectivity index (χ3n) is 5.27. The maximum absolute atomic E-state index is 13.0. The zero-order valence-corrected chi connectivity index (χ0v) is 19.5. The predicted molar refractivity (Wildman–Crippen MR) is 133 cm³/mol. The van der Waals surface area contributed by atoms with Crippen molar-refractivity contribution in [3.63, 3.8) is 0 Å². The van der Waals surface area contributed by atoms with E-state index < -0.39 is 5.97 Å². The number of carboxylic acid groups (broad SMARTS) is 1. The molecule has 7 nitrogen and oxygen atoms in total.